The third kappa shape index (κ3) is 4.03. The number of aliphatic hydroxyl groups is 1. The van der Waals surface area contributed by atoms with Crippen molar-refractivity contribution in [3.63, 3.8) is 0 Å². The summed E-state index contributed by atoms with van der Waals surface area (Å²) in [6.45, 7) is 4.24. The Bertz CT molecular complexity index is 326. The van der Waals surface area contributed by atoms with Crippen LogP contribution in [0.3, 0.4) is 0 Å². The quantitative estimate of drug-likeness (QED) is 0.826. The molecule has 2 N–H and O–H groups in total. The van der Waals surface area contributed by atoms with E-state index in [4.69, 9.17) is 10.2 Å². The van der Waals surface area contributed by atoms with Crippen LogP contribution in [0.2, 0.25) is 0 Å². The summed E-state index contributed by atoms with van der Waals surface area (Å²) in [6, 6.07) is 0. The van der Waals surface area contributed by atoms with Crippen LogP contribution in [0.1, 0.15) is 58.8 Å². The highest BCUT2D eigenvalue weighted by Gasteiger charge is 2.48. The van der Waals surface area contributed by atoms with Crippen molar-refractivity contribution in [3.05, 3.63) is 0 Å². The fourth-order valence-electron chi connectivity index (χ4n) is 3.55. The minimum Gasteiger partial charge on any atom is -0.481 e. The number of carboxylic acid groups (broad SMARTS) is 1. The van der Waals surface area contributed by atoms with Crippen LogP contribution in [0.4, 0.5) is 0 Å². The van der Waals surface area contributed by atoms with Gasteiger partial charge in [0.05, 0.1) is 0 Å². The van der Waals surface area contributed by atoms with E-state index in [9.17, 15) is 9.59 Å². The molecule has 0 radical (unpaired) electrons. The monoisotopic (exact) mass is 270 g/mol. The third-order valence-electron chi connectivity index (χ3n) is 4.93. The molecule has 2 aliphatic rings. The second-order valence-electron chi connectivity index (χ2n) is 5.98. The normalized spacial score (nSPS) is 33.3. The molecule has 0 saturated heterocycles. The number of rotatable bonds is 3. The molecule has 0 aromatic rings. The predicted octanol–water partition coefficient (Wildman–Crippen LogP) is 2.64. The van der Waals surface area contributed by atoms with Crippen molar-refractivity contribution in [2.45, 2.75) is 58.8 Å². The number of hydrogen-bond acceptors (Lipinski definition) is 3. The molecule has 19 heavy (non-hydrogen) atoms. The van der Waals surface area contributed by atoms with Crippen molar-refractivity contribution in [2.75, 3.05) is 6.61 Å². The molecule has 0 spiro atoms. The van der Waals surface area contributed by atoms with Gasteiger partial charge in [-0.3, -0.25) is 9.59 Å². The number of aliphatic hydroxyl groups excluding tert-OH is 1. The Labute approximate surface area is 115 Å². The lowest BCUT2D eigenvalue weighted by Gasteiger charge is -2.40. The molecule has 4 nitrogen and oxygen atoms in total. The molecule has 0 bridgehead atoms. The van der Waals surface area contributed by atoms with E-state index < -0.39 is 5.97 Å². The van der Waals surface area contributed by atoms with Gasteiger partial charge in [0.25, 0.3) is 0 Å². The maximum atomic E-state index is 11.4. The summed E-state index contributed by atoms with van der Waals surface area (Å²) in [5.74, 6) is 0.980. The Morgan fingerprint density at radius 3 is 2.58 bits per heavy atom. The zero-order chi connectivity index (χ0) is 14.5. The van der Waals surface area contributed by atoms with Gasteiger partial charge < -0.3 is 10.2 Å². The Kier molecular flexibility index (Phi) is 5.98. The van der Waals surface area contributed by atoms with Crippen molar-refractivity contribution in [1.82, 2.24) is 0 Å². The minimum absolute atomic E-state index is 0.222. The van der Waals surface area contributed by atoms with Gasteiger partial charge in [0.15, 0.2) is 0 Å². The van der Waals surface area contributed by atoms with Crippen LogP contribution in [-0.4, -0.2) is 28.6 Å². The molecule has 0 heterocycles. The number of carbonyl (C=O) groups is 2. The standard InChI is InChI=1S/C12H20O2.C3H6O2/c1-12-6-4-11(14)8-10(12)3-2-9(12)5-7-13;1-2-3(4)5/h9-10,13H,2-8H2,1H3;2H2,1H3,(H,4,5)/t9?,10?,12-;/m1./s1. The number of hydrogen-bond donors (Lipinski definition) is 2. The van der Waals surface area contributed by atoms with E-state index in [1.54, 1.807) is 6.92 Å². The van der Waals surface area contributed by atoms with Crippen LogP contribution in [0.25, 0.3) is 0 Å². The fraction of sp³-hybridized carbons (Fsp3) is 0.867. The van der Waals surface area contributed by atoms with E-state index in [1.807, 2.05) is 0 Å². The summed E-state index contributed by atoms with van der Waals surface area (Å²) >= 11 is 0. The smallest absolute Gasteiger partial charge is 0.303 e. The molecule has 2 unspecified atom stereocenters. The molecule has 3 atom stereocenters. The first-order valence-electron chi connectivity index (χ1n) is 7.28. The summed E-state index contributed by atoms with van der Waals surface area (Å²) in [5.41, 5.74) is 0.358. The van der Waals surface area contributed by atoms with Crippen LogP contribution in [-0.2, 0) is 9.59 Å². The number of ketones is 1. The van der Waals surface area contributed by atoms with Crippen molar-refractivity contribution >= 4 is 11.8 Å². The molecular weight excluding hydrogens is 244 g/mol. The number of fused-ring (bicyclic) bond motifs is 1. The molecular formula is C15H26O4. The summed E-state index contributed by atoms with van der Waals surface area (Å²) in [7, 11) is 0. The van der Waals surface area contributed by atoms with Gasteiger partial charge in [0.2, 0.25) is 0 Å². The summed E-state index contributed by atoms with van der Waals surface area (Å²) < 4.78 is 0. The predicted molar refractivity (Wildman–Crippen MR) is 72.8 cm³/mol. The molecule has 2 saturated carbocycles. The van der Waals surface area contributed by atoms with Crippen molar-refractivity contribution < 1.29 is 19.8 Å². The minimum atomic E-state index is -0.745. The lowest BCUT2D eigenvalue weighted by Crippen LogP contribution is -2.35. The lowest BCUT2D eigenvalue weighted by atomic mass is 9.64. The van der Waals surface area contributed by atoms with Crippen LogP contribution in [0.5, 0.6) is 0 Å². The van der Waals surface area contributed by atoms with Crippen LogP contribution in [0.15, 0.2) is 0 Å². The highest BCUT2D eigenvalue weighted by atomic mass is 16.4. The van der Waals surface area contributed by atoms with E-state index in [-0.39, 0.29) is 6.42 Å². The van der Waals surface area contributed by atoms with E-state index in [0.29, 0.717) is 29.6 Å². The molecule has 2 fully saturated rings. The molecule has 4 heteroatoms. The second-order valence-corrected chi connectivity index (χ2v) is 5.98. The molecule has 0 aliphatic heterocycles. The maximum Gasteiger partial charge on any atom is 0.303 e. The number of carboxylic acids is 1. The second kappa shape index (κ2) is 7.04. The summed E-state index contributed by atoms with van der Waals surface area (Å²) in [5, 5.41) is 16.7. The maximum absolute atomic E-state index is 11.4. The van der Waals surface area contributed by atoms with Crippen molar-refractivity contribution in [3.8, 4) is 0 Å². The van der Waals surface area contributed by atoms with Gasteiger partial charge in [-0.25, -0.2) is 0 Å². The third-order valence-corrected chi connectivity index (χ3v) is 4.93. The van der Waals surface area contributed by atoms with Gasteiger partial charge in [-0.2, -0.15) is 0 Å². The average molecular weight is 270 g/mol. The topological polar surface area (TPSA) is 74.6 Å². The molecule has 2 aliphatic carbocycles. The van der Waals surface area contributed by atoms with E-state index in [0.717, 1.165) is 25.7 Å². The van der Waals surface area contributed by atoms with Gasteiger partial charge in [0, 0.05) is 25.9 Å². The number of carbonyl (C=O) groups excluding carboxylic acids is 1. The Morgan fingerprint density at radius 1 is 1.42 bits per heavy atom. The van der Waals surface area contributed by atoms with Gasteiger partial charge in [-0.15, -0.1) is 0 Å². The van der Waals surface area contributed by atoms with Crippen LogP contribution < -0.4 is 0 Å². The van der Waals surface area contributed by atoms with Gasteiger partial charge in [-0.1, -0.05) is 13.8 Å². The van der Waals surface area contributed by atoms with Crippen LogP contribution in [0, 0.1) is 17.3 Å². The highest BCUT2D eigenvalue weighted by Crippen LogP contribution is 2.55. The van der Waals surface area contributed by atoms with Crippen molar-refractivity contribution in [1.29, 1.82) is 0 Å². The summed E-state index contributed by atoms with van der Waals surface area (Å²) in [6.07, 6.45) is 6.21. The molecule has 0 aromatic heterocycles. The van der Waals surface area contributed by atoms with Gasteiger partial charge in [0.1, 0.15) is 5.78 Å². The molecule has 0 aromatic carbocycles. The Balaban J connectivity index is 0.000000312. The molecule has 110 valence electrons. The average Bonchev–Trinajstić information content (AvgIpc) is 2.68. The lowest BCUT2D eigenvalue weighted by molar-refractivity contribution is -0.136. The zero-order valence-corrected chi connectivity index (χ0v) is 12.0. The SMILES string of the molecule is CCC(=O)O.C[C@]12CCC(=O)CC1CCC2CCO. The Hall–Kier alpha value is -0.900. The van der Waals surface area contributed by atoms with E-state index >= 15 is 0 Å². The number of aliphatic carboxylic acids is 1. The van der Waals surface area contributed by atoms with E-state index in [2.05, 4.69) is 6.92 Å². The largest absolute Gasteiger partial charge is 0.481 e. The first-order chi connectivity index (χ1) is 8.93. The van der Waals surface area contributed by atoms with Gasteiger partial charge >= 0.3 is 5.97 Å². The zero-order valence-electron chi connectivity index (χ0n) is 12.0. The highest BCUT2D eigenvalue weighted by molar-refractivity contribution is 5.79. The fourth-order valence-corrected chi connectivity index (χ4v) is 3.55. The number of Topliss-reactive ketones (excluding diaryl/α,β-unsaturated/α-hetero) is 1. The van der Waals surface area contributed by atoms with Gasteiger partial charge in [-0.05, 0) is 42.9 Å². The van der Waals surface area contributed by atoms with Crippen LogP contribution >= 0.6 is 0 Å². The first kappa shape index (κ1) is 16.2. The van der Waals surface area contributed by atoms with Crippen molar-refractivity contribution in [2.24, 2.45) is 17.3 Å². The first-order valence-corrected chi connectivity index (χ1v) is 7.28. The van der Waals surface area contributed by atoms with E-state index in [1.165, 1.54) is 12.8 Å². The summed E-state index contributed by atoms with van der Waals surface area (Å²) in [4.78, 5) is 20.7. The Morgan fingerprint density at radius 2 is 2.05 bits per heavy atom. The molecule has 2 rings (SSSR count). The molecule has 0 amide bonds.